The minimum atomic E-state index is 0.187. The minimum Gasteiger partial charge on any atom is -0.506 e. The van der Waals surface area contributed by atoms with E-state index in [0.29, 0.717) is 11.6 Å². The molecule has 3 rings (SSSR count). The number of halogens is 1. The smallest absolute Gasteiger partial charge is 0.182 e. The molecule has 3 aromatic heterocycles. The molecule has 0 atom stereocenters. The zero-order valence-electron chi connectivity index (χ0n) is 9.01. The summed E-state index contributed by atoms with van der Waals surface area (Å²) in [7, 11) is 0. The third-order valence-electron chi connectivity index (χ3n) is 2.54. The summed E-state index contributed by atoms with van der Waals surface area (Å²) in [5.41, 5.74) is 0.881. The summed E-state index contributed by atoms with van der Waals surface area (Å²) in [6.07, 6.45) is 1.61. The second-order valence-electron chi connectivity index (χ2n) is 3.78. The van der Waals surface area contributed by atoms with Gasteiger partial charge in [-0.05, 0) is 47.1 Å². The predicted octanol–water partition coefficient (Wildman–Crippen LogP) is 3.37. The number of nitrogens with zero attached hydrogens (tertiary/aromatic N) is 2. The number of hydrogen-bond acceptors (Lipinski definition) is 3. The van der Waals surface area contributed by atoms with E-state index < -0.39 is 0 Å². The highest BCUT2D eigenvalue weighted by molar-refractivity contribution is 9.10. The van der Waals surface area contributed by atoms with E-state index in [9.17, 15) is 5.11 Å². The van der Waals surface area contributed by atoms with Crippen LogP contribution in [0.25, 0.3) is 17.1 Å². The van der Waals surface area contributed by atoms with Crippen LogP contribution in [0.4, 0.5) is 0 Å². The van der Waals surface area contributed by atoms with Crippen molar-refractivity contribution in [2.75, 3.05) is 0 Å². The van der Waals surface area contributed by atoms with Crippen LogP contribution in [0, 0.1) is 6.92 Å². The monoisotopic (exact) mass is 292 g/mol. The normalized spacial score (nSPS) is 11.2. The number of imidazole rings is 1. The van der Waals surface area contributed by atoms with Gasteiger partial charge in [0.2, 0.25) is 0 Å². The van der Waals surface area contributed by atoms with Crippen molar-refractivity contribution in [1.29, 1.82) is 0 Å². The number of aryl methyl sites for hydroxylation is 1. The van der Waals surface area contributed by atoms with E-state index in [1.165, 1.54) is 0 Å². The van der Waals surface area contributed by atoms with Gasteiger partial charge in [-0.1, -0.05) is 0 Å². The van der Waals surface area contributed by atoms with Gasteiger partial charge < -0.3 is 9.52 Å². The lowest BCUT2D eigenvalue weighted by Crippen LogP contribution is -1.87. The Morgan fingerprint density at radius 3 is 2.82 bits per heavy atom. The fraction of sp³-hybridized carbons (Fsp3) is 0.0833. The highest BCUT2D eigenvalue weighted by Crippen LogP contribution is 2.28. The summed E-state index contributed by atoms with van der Waals surface area (Å²) >= 11 is 3.39. The van der Waals surface area contributed by atoms with Crippen LogP contribution in [-0.4, -0.2) is 14.5 Å². The Bertz CT molecular complexity index is 700. The molecule has 0 amide bonds. The van der Waals surface area contributed by atoms with Gasteiger partial charge in [0.05, 0.1) is 11.7 Å². The highest BCUT2D eigenvalue weighted by Gasteiger charge is 2.13. The molecule has 0 aliphatic carbocycles. The molecule has 86 valence electrons. The second kappa shape index (κ2) is 3.63. The maximum Gasteiger partial charge on any atom is 0.182 e. The Morgan fingerprint density at radius 2 is 2.12 bits per heavy atom. The molecule has 0 aromatic carbocycles. The first-order chi connectivity index (χ1) is 8.15. The molecule has 0 fully saturated rings. The maximum atomic E-state index is 9.52. The van der Waals surface area contributed by atoms with Crippen LogP contribution >= 0.6 is 15.9 Å². The standard InChI is InChI=1S/C12H9BrN2O2/c1-7-2-5-10(17-7)12-14-11(13)9-4-3-8(16)6-15(9)12/h2-6,16H,1H3. The molecule has 0 saturated heterocycles. The largest absolute Gasteiger partial charge is 0.506 e. The first-order valence-corrected chi connectivity index (χ1v) is 5.88. The molecule has 1 N–H and O–H groups in total. The van der Waals surface area contributed by atoms with Crippen LogP contribution in [0.15, 0.2) is 39.5 Å². The summed E-state index contributed by atoms with van der Waals surface area (Å²) in [5, 5.41) is 9.52. The Labute approximate surface area is 106 Å². The Hall–Kier alpha value is -1.75. The summed E-state index contributed by atoms with van der Waals surface area (Å²) in [5.74, 6) is 2.35. The van der Waals surface area contributed by atoms with Gasteiger partial charge in [-0.3, -0.25) is 4.40 Å². The zero-order valence-corrected chi connectivity index (χ0v) is 10.6. The van der Waals surface area contributed by atoms with E-state index in [-0.39, 0.29) is 5.75 Å². The van der Waals surface area contributed by atoms with E-state index in [1.807, 2.05) is 19.1 Å². The van der Waals surface area contributed by atoms with Gasteiger partial charge in [-0.15, -0.1) is 0 Å². The van der Waals surface area contributed by atoms with Gasteiger partial charge in [0.25, 0.3) is 0 Å². The topological polar surface area (TPSA) is 50.7 Å². The van der Waals surface area contributed by atoms with Crippen molar-refractivity contribution in [3.8, 4) is 17.3 Å². The Kier molecular flexibility index (Phi) is 2.22. The van der Waals surface area contributed by atoms with Gasteiger partial charge in [-0.25, -0.2) is 4.98 Å². The second-order valence-corrected chi connectivity index (χ2v) is 4.53. The summed E-state index contributed by atoms with van der Waals surface area (Å²) in [6.45, 7) is 1.88. The average molecular weight is 293 g/mol. The lowest BCUT2D eigenvalue weighted by Gasteiger charge is -1.98. The van der Waals surface area contributed by atoms with Gasteiger partial charge in [0.1, 0.15) is 16.1 Å². The van der Waals surface area contributed by atoms with Crippen molar-refractivity contribution >= 4 is 21.4 Å². The molecule has 4 nitrogen and oxygen atoms in total. The molecule has 0 aliphatic rings. The third kappa shape index (κ3) is 1.63. The number of pyridine rings is 1. The van der Waals surface area contributed by atoms with Gasteiger partial charge in [0.15, 0.2) is 11.6 Å². The fourth-order valence-electron chi connectivity index (χ4n) is 1.77. The van der Waals surface area contributed by atoms with Crippen LogP contribution in [-0.2, 0) is 0 Å². The Morgan fingerprint density at radius 1 is 1.29 bits per heavy atom. The molecule has 17 heavy (non-hydrogen) atoms. The highest BCUT2D eigenvalue weighted by atomic mass is 79.9. The van der Waals surface area contributed by atoms with Crippen molar-refractivity contribution < 1.29 is 9.52 Å². The fourth-order valence-corrected chi connectivity index (χ4v) is 2.26. The van der Waals surface area contributed by atoms with Crippen molar-refractivity contribution in [3.63, 3.8) is 0 Å². The van der Waals surface area contributed by atoms with Gasteiger partial charge in [0, 0.05) is 0 Å². The average Bonchev–Trinajstić information content (AvgIpc) is 2.83. The lowest BCUT2D eigenvalue weighted by atomic mass is 10.4. The van der Waals surface area contributed by atoms with Crippen molar-refractivity contribution in [1.82, 2.24) is 9.38 Å². The first kappa shape index (κ1) is 10.4. The Balaban J connectivity index is 2.33. The van der Waals surface area contributed by atoms with E-state index in [1.54, 1.807) is 22.7 Å². The molecule has 0 radical (unpaired) electrons. The summed E-state index contributed by atoms with van der Waals surface area (Å²) in [4.78, 5) is 4.39. The quantitative estimate of drug-likeness (QED) is 0.748. The van der Waals surface area contributed by atoms with E-state index in [4.69, 9.17) is 4.42 Å². The van der Waals surface area contributed by atoms with Crippen molar-refractivity contribution in [3.05, 3.63) is 40.8 Å². The van der Waals surface area contributed by atoms with Crippen LogP contribution in [0.2, 0.25) is 0 Å². The number of rotatable bonds is 1. The molecule has 0 aliphatic heterocycles. The van der Waals surface area contributed by atoms with Crippen molar-refractivity contribution in [2.45, 2.75) is 6.92 Å². The molecule has 0 spiro atoms. The van der Waals surface area contributed by atoms with Gasteiger partial charge >= 0.3 is 0 Å². The summed E-state index contributed by atoms with van der Waals surface area (Å²) in [6, 6.07) is 7.17. The van der Waals surface area contributed by atoms with Crippen LogP contribution in [0.5, 0.6) is 5.75 Å². The third-order valence-corrected chi connectivity index (χ3v) is 3.12. The molecule has 5 heteroatoms. The number of aromatic hydroxyl groups is 1. The zero-order chi connectivity index (χ0) is 12.0. The molecular formula is C12H9BrN2O2. The molecule has 0 unspecified atom stereocenters. The van der Waals surface area contributed by atoms with E-state index in [2.05, 4.69) is 20.9 Å². The van der Waals surface area contributed by atoms with Crippen LogP contribution < -0.4 is 0 Å². The van der Waals surface area contributed by atoms with Crippen LogP contribution in [0.3, 0.4) is 0 Å². The number of aromatic nitrogens is 2. The molecule has 3 aromatic rings. The van der Waals surface area contributed by atoms with E-state index in [0.717, 1.165) is 15.9 Å². The predicted molar refractivity (Wildman–Crippen MR) is 67.0 cm³/mol. The molecule has 0 saturated carbocycles. The molecule has 0 bridgehead atoms. The van der Waals surface area contributed by atoms with Crippen molar-refractivity contribution in [2.24, 2.45) is 0 Å². The van der Waals surface area contributed by atoms with Crippen LogP contribution in [0.1, 0.15) is 5.76 Å². The SMILES string of the molecule is Cc1ccc(-c2nc(Br)c3ccc(O)cn23)o1. The molecule has 3 heterocycles. The van der Waals surface area contributed by atoms with Gasteiger partial charge in [-0.2, -0.15) is 0 Å². The van der Waals surface area contributed by atoms with E-state index >= 15 is 0 Å². The first-order valence-electron chi connectivity index (χ1n) is 5.08. The number of hydrogen-bond donors (Lipinski definition) is 1. The molecular weight excluding hydrogens is 284 g/mol. The number of furan rings is 1. The summed E-state index contributed by atoms with van der Waals surface area (Å²) < 4.78 is 8.06. The minimum absolute atomic E-state index is 0.187. The maximum absolute atomic E-state index is 9.52. The number of fused-ring (bicyclic) bond motifs is 1. The lowest BCUT2D eigenvalue weighted by molar-refractivity contribution is 0.472.